The van der Waals surface area contributed by atoms with E-state index in [0.29, 0.717) is 5.56 Å². The Kier molecular flexibility index (Phi) is 7.72. The molecule has 1 aromatic rings. The Hall–Kier alpha value is -1.62. The van der Waals surface area contributed by atoms with Crippen molar-refractivity contribution in [2.45, 2.75) is 82.3 Å². The van der Waals surface area contributed by atoms with Crippen LogP contribution in [-0.2, 0) is 9.59 Å². The molecule has 2 aliphatic carbocycles. The number of halogens is 2. The fourth-order valence-electron chi connectivity index (χ4n) is 4.60. The van der Waals surface area contributed by atoms with Gasteiger partial charge in [0.25, 0.3) is 0 Å². The predicted molar refractivity (Wildman–Crippen MR) is 109 cm³/mol. The van der Waals surface area contributed by atoms with E-state index in [1.54, 1.807) is 17.0 Å². The third-order valence-electron chi connectivity index (χ3n) is 6.03. The van der Waals surface area contributed by atoms with Gasteiger partial charge in [-0.1, -0.05) is 50.7 Å². The topological polar surface area (TPSA) is 49.4 Å². The standard InChI is InChI=1S/C22H30ClFN2O2/c23-15-20(27)26(19-9-5-2-6-10-19)21(16-11-13-17(24)14-12-16)22(28)25-18-7-3-1-4-8-18/h11-14,18-19,21H,1-10,15H2,(H,25,28)/t21-/m1/s1. The van der Waals surface area contributed by atoms with Crippen molar-refractivity contribution in [2.24, 2.45) is 0 Å². The van der Waals surface area contributed by atoms with Gasteiger partial charge in [0.15, 0.2) is 0 Å². The number of rotatable bonds is 6. The summed E-state index contributed by atoms with van der Waals surface area (Å²) in [5.74, 6) is -0.933. The summed E-state index contributed by atoms with van der Waals surface area (Å²) < 4.78 is 13.5. The van der Waals surface area contributed by atoms with Crippen molar-refractivity contribution < 1.29 is 14.0 Å². The van der Waals surface area contributed by atoms with Crippen LogP contribution in [0.15, 0.2) is 24.3 Å². The van der Waals surface area contributed by atoms with Crippen molar-refractivity contribution in [3.8, 4) is 0 Å². The Bertz CT molecular complexity index is 655. The monoisotopic (exact) mass is 408 g/mol. The summed E-state index contributed by atoms with van der Waals surface area (Å²) in [5, 5.41) is 3.16. The van der Waals surface area contributed by atoms with E-state index in [1.807, 2.05) is 0 Å². The fourth-order valence-corrected chi connectivity index (χ4v) is 4.74. The smallest absolute Gasteiger partial charge is 0.247 e. The molecule has 6 heteroatoms. The molecule has 2 saturated carbocycles. The molecule has 0 radical (unpaired) electrons. The Morgan fingerprint density at radius 2 is 1.57 bits per heavy atom. The van der Waals surface area contributed by atoms with Crippen LogP contribution in [0.2, 0.25) is 0 Å². The maximum Gasteiger partial charge on any atom is 0.247 e. The van der Waals surface area contributed by atoms with Crippen LogP contribution in [0.4, 0.5) is 4.39 Å². The molecular weight excluding hydrogens is 379 g/mol. The lowest BCUT2D eigenvalue weighted by atomic mass is 9.91. The Morgan fingerprint density at radius 1 is 1.00 bits per heavy atom. The Labute approximate surface area is 171 Å². The minimum Gasteiger partial charge on any atom is -0.351 e. The van der Waals surface area contributed by atoms with Gasteiger partial charge in [-0.3, -0.25) is 9.59 Å². The zero-order chi connectivity index (χ0) is 19.9. The van der Waals surface area contributed by atoms with Gasteiger partial charge in [0.05, 0.1) is 0 Å². The highest BCUT2D eigenvalue weighted by atomic mass is 35.5. The van der Waals surface area contributed by atoms with Crippen molar-refractivity contribution in [3.63, 3.8) is 0 Å². The SMILES string of the molecule is O=C(NC1CCCCC1)[C@@H](c1ccc(F)cc1)N(C(=O)CCl)C1CCCCC1. The molecule has 2 aliphatic rings. The average Bonchev–Trinajstić information content (AvgIpc) is 2.73. The normalized spacial score (nSPS) is 19.8. The first-order chi connectivity index (χ1) is 13.6. The lowest BCUT2D eigenvalue weighted by molar-refractivity contribution is -0.143. The second-order valence-electron chi connectivity index (χ2n) is 8.02. The van der Waals surface area contributed by atoms with Crippen molar-refractivity contribution >= 4 is 23.4 Å². The number of nitrogens with one attached hydrogen (secondary N) is 1. The molecule has 4 nitrogen and oxygen atoms in total. The molecule has 0 saturated heterocycles. The number of carbonyl (C=O) groups excluding carboxylic acids is 2. The van der Waals surface area contributed by atoms with Crippen molar-refractivity contribution in [2.75, 3.05) is 5.88 Å². The maximum absolute atomic E-state index is 13.5. The number of hydrogen-bond acceptors (Lipinski definition) is 2. The molecule has 1 N–H and O–H groups in total. The predicted octanol–water partition coefficient (Wildman–Crippen LogP) is 4.72. The molecule has 28 heavy (non-hydrogen) atoms. The van der Waals surface area contributed by atoms with Crippen LogP contribution >= 0.6 is 11.6 Å². The molecule has 2 amide bonds. The summed E-state index contributed by atoms with van der Waals surface area (Å²) in [4.78, 5) is 27.9. The van der Waals surface area contributed by atoms with Gasteiger partial charge < -0.3 is 10.2 Å². The van der Waals surface area contributed by atoms with Gasteiger partial charge in [-0.25, -0.2) is 4.39 Å². The summed E-state index contributed by atoms with van der Waals surface area (Å²) in [5.41, 5.74) is 0.638. The van der Waals surface area contributed by atoms with Crippen molar-refractivity contribution in [1.29, 1.82) is 0 Å². The molecule has 1 atom stereocenters. The number of alkyl halides is 1. The highest BCUT2D eigenvalue weighted by Gasteiger charge is 2.37. The van der Waals surface area contributed by atoms with Gasteiger partial charge in [-0.2, -0.15) is 0 Å². The van der Waals surface area contributed by atoms with Crippen LogP contribution in [0.5, 0.6) is 0 Å². The highest BCUT2D eigenvalue weighted by Crippen LogP contribution is 2.32. The molecule has 0 bridgehead atoms. The van der Waals surface area contributed by atoms with E-state index in [9.17, 15) is 14.0 Å². The van der Waals surface area contributed by atoms with Gasteiger partial charge >= 0.3 is 0 Å². The van der Waals surface area contributed by atoms with Crippen LogP contribution < -0.4 is 5.32 Å². The van der Waals surface area contributed by atoms with Gasteiger partial charge in [0.2, 0.25) is 11.8 Å². The quantitative estimate of drug-likeness (QED) is 0.692. The molecule has 3 rings (SSSR count). The number of carbonyl (C=O) groups is 2. The van der Waals surface area contributed by atoms with E-state index >= 15 is 0 Å². The third-order valence-corrected chi connectivity index (χ3v) is 6.26. The number of benzene rings is 1. The second-order valence-corrected chi connectivity index (χ2v) is 8.29. The molecule has 0 spiro atoms. The van der Waals surface area contributed by atoms with Crippen LogP contribution in [0.3, 0.4) is 0 Å². The number of hydrogen-bond donors (Lipinski definition) is 1. The van der Waals surface area contributed by atoms with E-state index < -0.39 is 6.04 Å². The first kappa shape index (κ1) is 21.1. The van der Waals surface area contributed by atoms with Crippen LogP contribution in [0.25, 0.3) is 0 Å². The highest BCUT2D eigenvalue weighted by molar-refractivity contribution is 6.27. The minimum atomic E-state index is -0.767. The Balaban J connectivity index is 1.90. The molecule has 0 unspecified atom stereocenters. The Morgan fingerprint density at radius 3 is 2.14 bits per heavy atom. The average molecular weight is 409 g/mol. The van der Waals surface area contributed by atoms with Gasteiger partial charge in [0.1, 0.15) is 17.7 Å². The fraction of sp³-hybridized carbons (Fsp3) is 0.636. The van der Waals surface area contributed by atoms with E-state index in [4.69, 9.17) is 11.6 Å². The summed E-state index contributed by atoms with van der Waals surface area (Å²) in [6.45, 7) is 0. The van der Waals surface area contributed by atoms with E-state index in [1.165, 1.54) is 18.6 Å². The van der Waals surface area contributed by atoms with Gasteiger partial charge in [-0.15, -0.1) is 11.6 Å². The molecule has 154 valence electrons. The lowest BCUT2D eigenvalue weighted by Gasteiger charge is -2.40. The van der Waals surface area contributed by atoms with Crippen LogP contribution in [0.1, 0.15) is 75.8 Å². The third kappa shape index (κ3) is 5.25. The largest absolute Gasteiger partial charge is 0.351 e. The van der Waals surface area contributed by atoms with Gasteiger partial charge in [-0.05, 0) is 43.4 Å². The van der Waals surface area contributed by atoms with E-state index in [0.717, 1.165) is 57.8 Å². The molecule has 0 aliphatic heterocycles. The first-order valence-electron chi connectivity index (χ1n) is 10.5. The maximum atomic E-state index is 13.5. The van der Waals surface area contributed by atoms with Crippen molar-refractivity contribution in [3.05, 3.63) is 35.6 Å². The minimum absolute atomic E-state index is 0.00726. The zero-order valence-corrected chi connectivity index (χ0v) is 17.1. The van der Waals surface area contributed by atoms with Crippen LogP contribution in [0, 0.1) is 5.82 Å². The number of amides is 2. The zero-order valence-electron chi connectivity index (χ0n) is 16.3. The lowest BCUT2D eigenvalue weighted by Crippen LogP contribution is -2.51. The van der Waals surface area contributed by atoms with Gasteiger partial charge in [0, 0.05) is 12.1 Å². The molecule has 1 aromatic carbocycles. The van der Waals surface area contributed by atoms with E-state index in [-0.39, 0.29) is 35.6 Å². The second kappa shape index (κ2) is 10.2. The summed E-state index contributed by atoms with van der Waals surface area (Å²) in [6.07, 6.45) is 10.3. The summed E-state index contributed by atoms with van der Waals surface area (Å²) in [6, 6.07) is 5.28. The molecule has 0 heterocycles. The first-order valence-corrected chi connectivity index (χ1v) is 11.1. The summed E-state index contributed by atoms with van der Waals surface area (Å²) in [7, 11) is 0. The van der Waals surface area contributed by atoms with E-state index in [2.05, 4.69) is 5.32 Å². The molecule has 0 aromatic heterocycles. The summed E-state index contributed by atoms with van der Waals surface area (Å²) >= 11 is 5.94. The molecule has 2 fully saturated rings. The number of nitrogens with zero attached hydrogens (tertiary/aromatic N) is 1. The van der Waals surface area contributed by atoms with Crippen molar-refractivity contribution in [1.82, 2.24) is 10.2 Å². The molecular formula is C22H30ClFN2O2. The van der Waals surface area contributed by atoms with Crippen LogP contribution in [-0.4, -0.2) is 34.7 Å².